The van der Waals surface area contributed by atoms with Crippen LogP contribution in [-0.2, 0) is 20.0 Å². The molecular weight excluding hydrogens is 450 g/mol. The molecule has 2 aromatic rings. The second-order valence-corrected chi connectivity index (χ2v) is 8.08. The van der Waals surface area contributed by atoms with Gasteiger partial charge in [0.2, 0.25) is 5.91 Å². The number of primary amides is 1. The second-order valence-electron chi connectivity index (χ2n) is 8.08. The number of halogens is 2. The molecule has 8 nitrogen and oxygen atoms in total. The van der Waals surface area contributed by atoms with Gasteiger partial charge in [-0.05, 0) is 80.2 Å². The molecule has 1 aliphatic rings. The Kier molecular flexibility index (Phi) is 9.64. The maximum Gasteiger partial charge on any atom is 0.414 e. The van der Waals surface area contributed by atoms with E-state index >= 15 is 0 Å². The van der Waals surface area contributed by atoms with Crippen molar-refractivity contribution in [3.8, 4) is 0 Å². The quantitative estimate of drug-likeness (QED) is 0.448. The van der Waals surface area contributed by atoms with Crippen LogP contribution in [0.3, 0.4) is 0 Å². The highest BCUT2D eigenvalue weighted by Crippen LogP contribution is 2.42. The van der Waals surface area contributed by atoms with E-state index in [9.17, 15) is 18.7 Å². The molecule has 0 radical (unpaired) electrons. The highest BCUT2D eigenvalue weighted by atomic mass is 19.1. The fourth-order valence-corrected chi connectivity index (χ4v) is 4.10. The largest absolute Gasteiger partial charge is 0.473 e. The summed E-state index contributed by atoms with van der Waals surface area (Å²) in [6.45, 7) is 2.36. The van der Waals surface area contributed by atoms with Gasteiger partial charge in [0.1, 0.15) is 17.2 Å². The van der Waals surface area contributed by atoms with Crippen molar-refractivity contribution in [3.05, 3.63) is 71.3 Å². The number of likely N-dealkylation sites (tertiary alicyclic amines) is 1. The number of carbonyl (C=O) groups excluding carboxylic acids is 1. The van der Waals surface area contributed by atoms with Gasteiger partial charge in [-0.25, -0.2) is 18.4 Å². The lowest BCUT2D eigenvalue weighted by atomic mass is 9.72. The Labute approximate surface area is 195 Å². The molecule has 0 spiro atoms. The Bertz CT molecular complexity index is 916. The van der Waals surface area contributed by atoms with Crippen LogP contribution >= 0.6 is 0 Å². The molecule has 2 aromatic carbocycles. The van der Waals surface area contributed by atoms with Gasteiger partial charge in [0, 0.05) is 6.42 Å². The minimum Gasteiger partial charge on any atom is -0.473 e. The lowest BCUT2D eigenvalue weighted by Gasteiger charge is -2.42. The molecule has 184 valence electrons. The number of nitrogens with two attached hydrogens (primary N) is 1. The molecule has 10 heteroatoms. The molecule has 5 N–H and O–H groups in total. The van der Waals surface area contributed by atoms with Crippen molar-refractivity contribution in [1.82, 2.24) is 4.90 Å². The van der Waals surface area contributed by atoms with E-state index in [0.717, 1.165) is 38.9 Å². The molecule has 0 atom stereocenters. The highest BCUT2D eigenvalue weighted by Gasteiger charge is 2.41. The SMILES string of the molecule is NC(=O)CCCN1CCC(C(O)(c2ccc(F)cc2)c2ccc(F)cc2)CC1.O=C(O)C(=O)O. The summed E-state index contributed by atoms with van der Waals surface area (Å²) in [5.41, 5.74) is 5.08. The lowest BCUT2D eigenvalue weighted by molar-refractivity contribution is -0.159. The fraction of sp³-hybridized carbons (Fsp3) is 0.375. The number of carboxylic acid groups (broad SMARTS) is 2. The van der Waals surface area contributed by atoms with Crippen molar-refractivity contribution in [1.29, 1.82) is 0 Å². The molecule has 0 aliphatic carbocycles. The minimum atomic E-state index is -1.82. The zero-order valence-electron chi connectivity index (χ0n) is 18.5. The summed E-state index contributed by atoms with van der Waals surface area (Å²) in [4.78, 5) is 31.4. The van der Waals surface area contributed by atoms with Gasteiger partial charge in [-0.3, -0.25) is 4.79 Å². The molecule has 34 heavy (non-hydrogen) atoms. The Morgan fingerprint density at radius 3 is 1.65 bits per heavy atom. The smallest absolute Gasteiger partial charge is 0.414 e. The first-order valence-corrected chi connectivity index (χ1v) is 10.7. The van der Waals surface area contributed by atoms with Crippen LogP contribution in [0.5, 0.6) is 0 Å². The van der Waals surface area contributed by atoms with Crippen LogP contribution in [0.2, 0.25) is 0 Å². The van der Waals surface area contributed by atoms with E-state index in [0.29, 0.717) is 17.5 Å². The summed E-state index contributed by atoms with van der Waals surface area (Å²) in [5, 5.41) is 26.6. The van der Waals surface area contributed by atoms with E-state index in [1.54, 1.807) is 24.3 Å². The molecular formula is C24H28F2N2O6. The summed E-state index contributed by atoms with van der Waals surface area (Å²) in [5.74, 6) is -4.76. The Morgan fingerprint density at radius 1 is 0.882 bits per heavy atom. The van der Waals surface area contributed by atoms with Crippen molar-refractivity contribution in [2.75, 3.05) is 19.6 Å². The number of aliphatic hydroxyl groups is 1. The monoisotopic (exact) mass is 478 g/mol. The van der Waals surface area contributed by atoms with Gasteiger partial charge in [-0.15, -0.1) is 0 Å². The van der Waals surface area contributed by atoms with Gasteiger partial charge in [-0.1, -0.05) is 24.3 Å². The maximum atomic E-state index is 13.4. The summed E-state index contributed by atoms with van der Waals surface area (Å²) in [7, 11) is 0. The standard InChI is InChI=1S/C22H26F2N2O2.C2H2O4/c23-19-7-3-16(4-8-19)22(28,17-5-9-20(24)10-6-17)18-11-14-26(15-12-18)13-1-2-21(25)27;3-1(4)2(5)6/h3-10,18,28H,1-2,11-15H2,(H2,25,27);(H,3,4)(H,5,6). The predicted octanol–water partition coefficient (Wildman–Crippen LogP) is 2.33. The van der Waals surface area contributed by atoms with Crippen LogP contribution in [0.25, 0.3) is 0 Å². The van der Waals surface area contributed by atoms with Crippen molar-refractivity contribution in [2.24, 2.45) is 11.7 Å². The third kappa shape index (κ3) is 7.32. The Hall–Kier alpha value is -3.37. The topological polar surface area (TPSA) is 141 Å². The molecule has 0 unspecified atom stereocenters. The first kappa shape index (κ1) is 26.9. The third-order valence-electron chi connectivity index (χ3n) is 5.83. The molecule has 1 amide bonds. The second kappa shape index (κ2) is 12.2. The summed E-state index contributed by atoms with van der Waals surface area (Å²) >= 11 is 0. The number of rotatable bonds is 7. The number of carbonyl (C=O) groups is 3. The van der Waals surface area contributed by atoms with E-state index in [-0.39, 0.29) is 23.5 Å². The molecule has 1 aliphatic heterocycles. The number of carboxylic acids is 2. The Balaban J connectivity index is 0.000000604. The van der Waals surface area contributed by atoms with Crippen molar-refractivity contribution >= 4 is 17.8 Å². The number of benzene rings is 2. The summed E-state index contributed by atoms with van der Waals surface area (Å²) in [6, 6.07) is 11.7. The first-order valence-electron chi connectivity index (χ1n) is 10.7. The lowest BCUT2D eigenvalue weighted by Crippen LogP contribution is -2.44. The maximum absolute atomic E-state index is 13.4. The zero-order valence-corrected chi connectivity index (χ0v) is 18.5. The van der Waals surface area contributed by atoms with E-state index < -0.39 is 17.5 Å². The summed E-state index contributed by atoms with van der Waals surface area (Å²) in [6.07, 6.45) is 2.57. The van der Waals surface area contributed by atoms with Crippen LogP contribution in [-0.4, -0.2) is 57.7 Å². The number of aliphatic carboxylic acids is 2. The normalized spacial score (nSPS) is 14.7. The van der Waals surface area contributed by atoms with E-state index in [2.05, 4.69) is 4.90 Å². The predicted molar refractivity (Wildman–Crippen MR) is 119 cm³/mol. The minimum absolute atomic E-state index is 0.0872. The van der Waals surface area contributed by atoms with Gasteiger partial charge in [-0.2, -0.15) is 0 Å². The molecule has 1 saturated heterocycles. The van der Waals surface area contributed by atoms with E-state index in [4.69, 9.17) is 25.5 Å². The molecule has 0 saturated carbocycles. The zero-order chi connectivity index (χ0) is 25.3. The summed E-state index contributed by atoms with van der Waals surface area (Å²) < 4.78 is 26.9. The van der Waals surface area contributed by atoms with Crippen molar-refractivity contribution in [3.63, 3.8) is 0 Å². The van der Waals surface area contributed by atoms with Crippen LogP contribution in [0.15, 0.2) is 48.5 Å². The fourth-order valence-electron chi connectivity index (χ4n) is 4.10. The average Bonchev–Trinajstić information content (AvgIpc) is 2.80. The molecule has 1 heterocycles. The molecule has 0 aromatic heterocycles. The first-order chi connectivity index (χ1) is 16.0. The Morgan fingerprint density at radius 2 is 1.29 bits per heavy atom. The van der Waals surface area contributed by atoms with Crippen LogP contribution in [0, 0.1) is 17.6 Å². The van der Waals surface area contributed by atoms with Crippen molar-refractivity contribution < 1.29 is 38.5 Å². The van der Waals surface area contributed by atoms with Crippen LogP contribution in [0.4, 0.5) is 8.78 Å². The van der Waals surface area contributed by atoms with Gasteiger partial charge in [0.05, 0.1) is 0 Å². The number of nitrogens with zero attached hydrogens (tertiary/aromatic N) is 1. The van der Waals surface area contributed by atoms with Crippen LogP contribution in [0.1, 0.15) is 36.8 Å². The number of amides is 1. The third-order valence-corrected chi connectivity index (χ3v) is 5.83. The molecule has 3 rings (SSSR count). The number of hydrogen-bond donors (Lipinski definition) is 4. The molecule has 1 fully saturated rings. The highest BCUT2D eigenvalue weighted by molar-refractivity contribution is 6.27. The van der Waals surface area contributed by atoms with Crippen LogP contribution < -0.4 is 5.73 Å². The number of piperidine rings is 1. The van der Waals surface area contributed by atoms with Gasteiger partial charge >= 0.3 is 11.9 Å². The molecule has 0 bridgehead atoms. The van der Waals surface area contributed by atoms with Gasteiger partial charge in [0.25, 0.3) is 0 Å². The average molecular weight is 478 g/mol. The van der Waals surface area contributed by atoms with Gasteiger partial charge in [0.15, 0.2) is 0 Å². The van der Waals surface area contributed by atoms with Gasteiger partial charge < -0.3 is 26.0 Å². The van der Waals surface area contributed by atoms with E-state index in [1.807, 2.05) is 0 Å². The van der Waals surface area contributed by atoms with Crippen molar-refractivity contribution in [2.45, 2.75) is 31.3 Å². The van der Waals surface area contributed by atoms with E-state index in [1.165, 1.54) is 24.3 Å². The number of hydrogen-bond acceptors (Lipinski definition) is 5.